The molecule has 1 fully saturated rings. The number of nitrogens with zero attached hydrogens (tertiary/aromatic N) is 4. The zero-order chi connectivity index (χ0) is 19.9. The molecule has 0 bridgehead atoms. The van der Waals surface area contributed by atoms with Crippen molar-refractivity contribution in [2.24, 2.45) is 0 Å². The van der Waals surface area contributed by atoms with Gasteiger partial charge >= 0.3 is 0 Å². The Morgan fingerprint density at radius 1 is 0.897 bits per heavy atom. The number of pyridine rings is 2. The van der Waals surface area contributed by atoms with E-state index >= 15 is 0 Å². The summed E-state index contributed by atoms with van der Waals surface area (Å²) >= 11 is 0. The predicted molar refractivity (Wildman–Crippen MR) is 114 cm³/mol. The normalized spacial score (nSPS) is 14.6. The van der Waals surface area contributed by atoms with Crippen molar-refractivity contribution in [1.82, 2.24) is 20.2 Å². The summed E-state index contributed by atoms with van der Waals surface area (Å²) in [6.07, 6.45) is 3.51. The predicted octanol–water partition coefficient (Wildman–Crippen LogP) is 2.73. The largest absolute Gasteiger partial charge is 0.368 e. The first-order valence-corrected chi connectivity index (χ1v) is 9.93. The summed E-state index contributed by atoms with van der Waals surface area (Å²) < 4.78 is 0. The van der Waals surface area contributed by atoms with Gasteiger partial charge in [0.15, 0.2) is 0 Å². The minimum Gasteiger partial charge on any atom is -0.368 e. The highest BCUT2D eigenvalue weighted by Crippen LogP contribution is 2.17. The fourth-order valence-electron chi connectivity index (χ4n) is 3.48. The van der Waals surface area contributed by atoms with E-state index in [0.29, 0.717) is 12.2 Å². The van der Waals surface area contributed by atoms with Gasteiger partial charge in [0, 0.05) is 38.9 Å². The number of benzene rings is 1. The summed E-state index contributed by atoms with van der Waals surface area (Å²) in [5.74, 6) is -0.185. The van der Waals surface area contributed by atoms with Gasteiger partial charge in [-0.15, -0.1) is 0 Å². The molecule has 3 aromatic rings. The number of nitrogens with one attached hydrogen (secondary N) is 1. The molecular formula is C23H25N5O. The first kappa shape index (κ1) is 19.1. The van der Waals surface area contributed by atoms with Crippen LogP contribution in [0.3, 0.4) is 0 Å². The molecule has 29 heavy (non-hydrogen) atoms. The molecule has 1 aromatic carbocycles. The minimum atomic E-state index is -0.185. The molecule has 1 amide bonds. The van der Waals surface area contributed by atoms with E-state index in [4.69, 9.17) is 0 Å². The fraction of sp³-hybridized carbons (Fsp3) is 0.261. The maximum absolute atomic E-state index is 12.3. The van der Waals surface area contributed by atoms with Gasteiger partial charge in [0.25, 0.3) is 5.91 Å². The van der Waals surface area contributed by atoms with Gasteiger partial charge in [0.05, 0.1) is 24.1 Å². The van der Waals surface area contributed by atoms with Crippen LogP contribution in [0, 0.1) is 0 Å². The molecule has 0 unspecified atom stereocenters. The van der Waals surface area contributed by atoms with E-state index in [1.165, 1.54) is 5.56 Å². The minimum absolute atomic E-state index is 0.185. The van der Waals surface area contributed by atoms with E-state index in [1.807, 2.05) is 24.3 Å². The summed E-state index contributed by atoms with van der Waals surface area (Å²) in [5.41, 5.74) is 3.66. The number of rotatable bonds is 6. The lowest BCUT2D eigenvalue weighted by Crippen LogP contribution is -2.46. The average molecular weight is 387 g/mol. The van der Waals surface area contributed by atoms with Crippen molar-refractivity contribution in [2.75, 3.05) is 31.1 Å². The van der Waals surface area contributed by atoms with Crippen molar-refractivity contribution in [1.29, 1.82) is 0 Å². The number of anilines is 1. The van der Waals surface area contributed by atoms with E-state index in [0.717, 1.165) is 44.1 Å². The number of hydrogen-bond donors (Lipinski definition) is 1. The number of carbonyl (C=O) groups excluding carboxylic acids is 1. The van der Waals surface area contributed by atoms with Gasteiger partial charge in [0.1, 0.15) is 5.69 Å². The molecule has 0 saturated carbocycles. The Labute approximate surface area is 171 Å². The van der Waals surface area contributed by atoms with Gasteiger partial charge in [-0.05, 0) is 29.8 Å². The Morgan fingerprint density at radius 2 is 1.69 bits per heavy atom. The van der Waals surface area contributed by atoms with E-state index in [-0.39, 0.29) is 5.91 Å². The van der Waals surface area contributed by atoms with Crippen LogP contribution in [0.5, 0.6) is 0 Å². The van der Waals surface area contributed by atoms with Crippen LogP contribution in [0.4, 0.5) is 5.69 Å². The van der Waals surface area contributed by atoms with Crippen LogP contribution in [0.2, 0.25) is 0 Å². The quantitative estimate of drug-likeness (QED) is 0.705. The molecule has 3 heterocycles. The average Bonchev–Trinajstić information content (AvgIpc) is 2.79. The SMILES string of the molecule is O=C(NCc1ccccn1)c1ccc(N2CCN(Cc3ccccc3)CC2)cn1. The second-order valence-corrected chi connectivity index (χ2v) is 7.15. The molecule has 0 atom stereocenters. The van der Waals surface area contributed by atoms with Crippen LogP contribution in [0.15, 0.2) is 73.1 Å². The first-order chi connectivity index (χ1) is 14.3. The molecule has 1 saturated heterocycles. The number of amides is 1. The van der Waals surface area contributed by atoms with Gasteiger partial charge in [-0.25, -0.2) is 4.98 Å². The third kappa shape index (κ3) is 5.18. The molecule has 1 aliphatic heterocycles. The molecule has 148 valence electrons. The number of carbonyl (C=O) groups is 1. The summed E-state index contributed by atoms with van der Waals surface area (Å²) in [7, 11) is 0. The van der Waals surface area contributed by atoms with Gasteiger partial charge < -0.3 is 10.2 Å². The van der Waals surface area contributed by atoms with Crippen LogP contribution in [-0.2, 0) is 13.1 Å². The number of hydrogen-bond acceptors (Lipinski definition) is 5. The van der Waals surface area contributed by atoms with Crippen LogP contribution in [-0.4, -0.2) is 47.0 Å². The molecule has 0 radical (unpaired) electrons. The standard InChI is InChI=1S/C23H25N5O/c29-23(26-16-20-8-4-5-11-24-20)22-10-9-21(17-25-22)28-14-12-27(13-15-28)18-19-6-2-1-3-7-19/h1-11,17H,12-16,18H2,(H,26,29). The number of aromatic nitrogens is 2. The molecule has 6 nitrogen and oxygen atoms in total. The Balaban J connectivity index is 1.27. The van der Waals surface area contributed by atoms with Gasteiger partial charge in [-0.3, -0.25) is 14.7 Å². The summed E-state index contributed by atoms with van der Waals surface area (Å²) in [6.45, 7) is 5.33. The van der Waals surface area contributed by atoms with Crippen LogP contribution in [0.1, 0.15) is 21.7 Å². The Morgan fingerprint density at radius 3 is 2.38 bits per heavy atom. The van der Waals surface area contributed by atoms with E-state index < -0.39 is 0 Å². The Bertz CT molecular complexity index is 907. The highest BCUT2D eigenvalue weighted by molar-refractivity contribution is 5.92. The second kappa shape index (κ2) is 9.30. The molecule has 0 spiro atoms. The van der Waals surface area contributed by atoms with Crippen molar-refractivity contribution >= 4 is 11.6 Å². The van der Waals surface area contributed by atoms with Crippen molar-refractivity contribution in [3.8, 4) is 0 Å². The molecule has 4 rings (SSSR count). The zero-order valence-corrected chi connectivity index (χ0v) is 16.4. The molecular weight excluding hydrogens is 362 g/mol. The van der Waals surface area contributed by atoms with E-state index in [9.17, 15) is 4.79 Å². The second-order valence-electron chi connectivity index (χ2n) is 7.15. The lowest BCUT2D eigenvalue weighted by Gasteiger charge is -2.36. The number of piperazine rings is 1. The highest BCUT2D eigenvalue weighted by Gasteiger charge is 2.18. The van der Waals surface area contributed by atoms with E-state index in [2.05, 4.69) is 55.4 Å². The van der Waals surface area contributed by atoms with E-state index in [1.54, 1.807) is 18.5 Å². The van der Waals surface area contributed by atoms with Crippen LogP contribution in [0.25, 0.3) is 0 Å². The van der Waals surface area contributed by atoms with Crippen LogP contribution < -0.4 is 10.2 Å². The molecule has 2 aromatic heterocycles. The van der Waals surface area contributed by atoms with Gasteiger partial charge in [-0.2, -0.15) is 0 Å². The Kier molecular flexibility index (Phi) is 6.12. The maximum Gasteiger partial charge on any atom is 0.270 e. The maximum atomic E-state index is 12.3. The fourth-order valence-corrected chi connectivity index (χ4v) is 3.48. The lowest BCUT2D eigenvalue weighted by molar-refractivity contribution is 0.0945. The van der Waals surface area contributed by atoms with Crippen molar-refractivity contribution < 1.29 is 4.79 Å². The molecule has 0 aliphatic carbocycles. The van der Waals surface area contributed by atoms with Crippen molar-refractivity contribution in [3.05, 3.63) is 90.0 Å². The summed E-state index contributed by atoms with van der Waals surface area (Å²) in [5, 5.41) is 2.86. The molecule has 6 heteroatoms. The first-order valence-electron chi connectivity index (χ1n) is 9.93. The smallest absolute Gasteiger partial charge is 0.270 e. The monoisotopic (exact) mass is 387 g/mol. The highest BCUT2D eigenvalue weighted by atomic mass is 16.1. The third-order valence-electron chi connectivity index (χ3n) is 5.12. The summed E-state index contributed by atoms with van der Waals surface area (Å²) in [6, 6.07) is 20.0. The summed E-state index contributed by atoms with van der Waals surface area (Å²) in [4.78, 5) is 25.7. The van der Waals surface area contributed by atoms with Gasteiger partial charge in [-0.1, -0.05) is 36.4 Å². The topological polar surface area (TPSA) is 61.4 Å². The Hall–Kier alpha value is -3.25. The third-order valence-corrected chi connectivity index (χ3v) is 5.12. The molecule has 1 aliphatic rings. The van der Waals surface area contributed by atoms with Crippen molar-refractivity contribution in [2.45, 2.75) is 13.1 Å². The van der Waals surface area contributed by atoms with Crippen molar-refractivity contribution in [3.63, 3.8) is 0 Å². The van der Waals surface area contributed by atoms with Gasteiger partial charge in [0.2, 0.25) is 0 Å². The molecule has 1 N–H and O–H groups in total. The zero-order valence-electron chi connectivity index (χ0n) is 16.4. The lowest BCUT2D eigenvalue weighted by atomic mass is 10.2. The van der Waals surface area contributed by atoms with Crippen LogP contribution >= 0.6 is 0 Å².